The lowest BCUT2D eigenvalue weighted by molar-refractivity contribution is -0.205. The Kier molecular flexibility index (Phi) is 8.02. The van der Waals surface area contributed by atoms with Gasteiger partial charge in [0.2, 0.25) is 5.60 Å². The lowest BCUT2D eigenvalue weighted by Crippen LogP contribution is -2.40. The maximum Gasteiger partial charge on any atom is 0.508 e. The van der Waals surface area contributed by atoms with Gasteiger partial charge >= 0.3 is 12.1 Å². The fourth-order valence-corrected chi connectivity index (χ4v) is 4.75. The molecule has 13 heteroatoms. The van der Waals surface area contributed by atoms with Crippen LogP contribution in [0.25, 0.3) is 5.52 Å². The molecule has 212 valence electrons. The Morgan fingerprint density at radius 3 is 2.64 bits per heavy atom. The zero-order chi connectivity index (χ0) is 28.4. The van der Waals surface area contributed by atoms with Crippen LogP contribution in [-0.4, -0.2) is 69.6 Å². The van der Waals surface area contributed by atoms with Crippen molar-refractivity contribution in [1.29, 1.82) is 5.26 Å². The van der Waals surface area contributed by atoms with Gasteiger partial charge in [0.05, 0.1) is 12.3 Å². The number of carbonyl (C=O) groups is 2. The van der Waals surface area contributed by atoms with Crippen LogP contribution in [0.5, 0.6) is 0 Å². The highest BCUT2D eigenvalue weighted by Gasteiger charge is 2.65. The predicted molar refractivity (Wildman–Crippen MR) is 135 cm³/mol. The summed E-state index contributed by atoms with van der Waals surface area (Å²) in [6, 6.07) is 5.61. The first-order chi connectivity index (χ1) is 18.3. The molecule has 2 fully saturated rings. The Balaban J connectivity index is 1.33. The summed E-state index contributed by atoms with van der Waals surface area (Å²) in [5, 5.41) is 14.6. The molecule has 39 heavy (non-hydrogen) atoms. The summed E-state index contributed by atoms with van der Waals surface area (Å²) in [5.41, 5.74) is 4.75. The number of nitrogens with zero attached hydrogens (tertiary/aromatic N) is 4. The van der Waals surface area contributed by atoms with Gasteiger partial charge in [0.1, 0.15) is 48.4 Å². The first-order valence-corrected chi connectivity index (χ1v) is 12.9. The molecule has 0 spiro atoms. The van der Waals surface area contributed by atoms with Crippen LogP contribution < -0.4 is 5.73 Å². The number of aromatic nitrogens is 3. The largest absolute Gasteiger partial charge is 0.508 e. The van der Waals surface area contributed by atoms with E-state index in [0.29, 0.717) is 36.9 Å². The lowest BCUT2D eigenvalue weighted by Gasteiger charge is -2.28. The average Bonchev–Trinajstić information content (AvgIpc) is 3.50. The molecule has 4 heterocycles. The van der Waals surface area contributed by atoms with E-state index in [-0.39, 0.29) is 25.0 Å². The van der Waals surface area contributed by atoms with Gasteiger partial charge in [-0.1, -0.05) is 0 Å². The van der Waals surface area contributed by atoms with E-state index >= 15 is 0 Å². The van der Waals surface area contributed by atoms with Gasteiger partial charge in [0, 0.05) is 6.42 Å². The SMILES string of the molecule is CC(C)(C)OC(=O)CCCCCOC(=O)OC[C@H]1O[C@@](C#N)(c2ccc3c(N)ncnn23)[C@@H]2OC(C)(C)O[C@@H]21. The maximum absolute atomic E-state index is 12.2. The van der Waals surface area contributed by atoms with Gasteiger partial charge in [-0.05, 0) is 66.0 Å². The number of ether oxygens (including phenoxy) is 6. The van der Waals surface area contributed by atoms with Gasteiger partial charge < -0.3 is 34.2 Å². The lowest BCUT2D eigenvalue weighted by atomic mass is 9.92. The highest BCUT2D eigenvalue weighted by Crippen LogP contribution is 2.49. The van der Waals surface area contributed by atoms with Crippen molar-refractivity contribution in [3.8, 4) is 6.07 Å². The molecule has 0 radical (unpaired) electrons. The van der Waals surface area contributed by atoms with Gasteiger partial charge in [-0.25, -0.2) is 14.3 Å². The van der Waals surface area contributed by atoms with E-state index in [1.165, 1.54) is 10.8 Å². The Morgan fingerprint density at radius 1 is 1.15 bits per heavy atom. The molecular weight excluding hydrogens is 510 g/mol. The second-order valence-corrected chi connectivity index (χ2v) is 11.0. The number of esters is 1. The molecule has 0 unspecified atom stereocenters. The van der Waals surface area contributed by atoms with Crippen LogP contribution in [0.3, 0.4) is 0 Å². The molecule has 0 amide bonds. The molecule has 2 aliphatic heterocycles. The second-order valence-electron chi connectivity index (χ2n) is 11.0. The third kappa shape index (κ3) is 6.24. The number of fused-ring (bicyclic) bond motifs is 2. The van der Waals surface area contributed by atoms with Crippen molar-refractivity contribution in [3.63, 3.8) is 0 Å². The Bertz CT molecular complexity index is 1250. The third-order valence-electron chi connectivity index (χ3n) is 6.29. The van der Waals surface area contributed by atoms with E-state index in [4.69, 9.17) is 34.2 Å². The van der Waals surface area contributed by atoms with Crippen LogP contribution in [-0.2, 0) is 38.8 Å². The summed E-state index contributed by atoms with van der Waals surface area (Å²) in [4.78, 5) is 28.0. The molecule has 0 saturated carbocycles. The van der Waals surface area contributed by atoms with Crippen LogP contribution in [0.15, 0.2) is 18.5 Å². The molecule has 4 atom stereocenters. The van der Waals surface area contributed by atoms with Crippen molar-refractivity contribution in [2.45, 2.75) is 95.6 Å². The van der Waals surface area contributed by atoms with Gasteiger partial charge in [0.25, 0.3) is 0 Å². The zero-order valence-electron chi connectivity index (χ0n) is 22.8. The molecule has 2 saturated heterocycles. The molecule has 4 rings (SSSR count). The number of nitrogens with two attached hydrogens (primary N) is 1. The van der Waals surface area contributed by atoms with Crippen LogP contribution in [0, 0.1) is 11.3 Å². The van der Waals surface area contributed by atoms with E-state index in [1.54, 1.807) is 26.0 Å². The number of unbranched alkanes of at least 4 members (excludes halogenated alkanes) is 2. The van der Waals surface area contributed by atoms with E-state index in [0.717, 1.165) is 0 Å². The molecule has 2 N–H and O–H groups in total. The maximum atomic E-state index is 12.2. The summed E-state index contributed by atoms with van der Waals surface area (Å²) in [6.45, 7) is 8.85. The number of nitrogen functional groups attached to an aromatic ring is 1. The average molecular weight is 546 g/mol. The molecule has 2 aromatic rings. The van der Waals surface area contributed by atoms with E-state index < -0.39 is 41.5 Å². The molecule has 0 aliphatic carbocycles. The van der Waals surface area contributed by atoms with E-state index in [1.807, 2.05) is 20.8 Å². The number of hydrogen-bond acceptors (Lipinski definition) is 12. The third-order valence-corrected chi connectivity index (χ3v) is 6.29. The van der Waals surface area contributed by atoms with E-state index in [2.05, 4.69) is 16.2 Å². The van der Waals surface area contributed by atoms with Gasteiger partial charge in [-0.2, -0.15) is 10.4 Å². The second kappa shape index (κ2) is 11.0. The predicted octanol–water partition coefficient (Wildman–Crippen LogP) is 3.00. The minimum atomic E-state index is -1.61. The van der Waals surface area contributed by atoms with E-state index in [9.17, 15) is 14.9 Å². The van der Waals surface area contributed by atoms with Crippen LogP contribution in [0.4, 0.5) is 10.6 Å². The van der Waals surface area contributed by atoms with Crippen LogP contribution in [0.1, 0.15) is 66.0 Å². The fraction of sp³-hybridized carbons (Fsp3) is 0.654. The molecule has 13 nitrogen and oxygen atoms in total. The normalized spacial score (nSPS) is 25.7. The first kappa shape index (κ1) is 28.5. The summed E-state index contributed by atoms with van der Waals surface area (Å²) >= 11 is 0. The van der Waals surface area contributed by atoms with Gasteiger partial charge in [0.15, 0.2) is 11.6 Å². The Labute approximate surface area is 226 Å². The number of carbonyl (C=O) groups excluding carboxylic acids is 2. The quantitative estimate of drug-likeness (QED) is 0.361. The first-order valence-electron chi connectivity index (χ1n) is 12.9. The summed E-state index contributed by atoms with van der Waals surface area (Å²) in [6.07, 6.45) is 0.244. The number of nitriles is 1. The standard InChI is InChI=1S/C26H35N5O8/c1-24(2,3)37-19(32)9-7-6-8-12-34-23(33)35-13-17-20-21(39-25(4,5)38-20)26(14-27,36-17)18-11-10-16-22(28)29-15-30-31(16)18/h10-11,15,17,20-21H,6-9,12-13H2,1-5H3,(H2,28,29,30)/t17-,20-,21-,26+/m1/s1. The summed E-state index contributed by atoms with van der Waals surface area (Å²) in [7, 11) is 0. The molecule has 0 bridgehead atoms. The molecule has 2 aromatic heterocycles. The Morgan fingerprint density at radius 2 is 1.92 bits per heavy atom. The van der Waals surface area contributed by atoms with Crippen molar-refractivity contribution < 1.29 is 38.0 Å². The van der Waals surface area contributed by atoms with Crippen LogP contribution in [0.2, 0.25) is 0 Å². The topological polar surface area (TPSA) is 170 Å². The van der Waals surface area contributed by atoms with Crippen molar-refractivity contribution >= 4 is 23.5 Å². The highest BCUT2D eigenvalue weighted by molar-refractivity contribution is 5.69. The van der Waals surface area contributed by atoms with Crippen LogP contribution >= 0.6 is 0 Å². The molecule has 0 aromatic carbocycles. The van der Waals surface area contributed by atoms with Gasteiger partial charge in [-0.3, -0.25) is 4.79 Å². The minimum absolute atomic E-state index is 0.136. The number of rotatable bonds is 9. The van der Waals surface area contributed by atoms with Crippen molar-refractivity contribution in [1.82, 2.24) is 14.6 Å². The van der Waals surface area contributed by atoms with Crippen molar-refractivity contribution in [2.75, 3.05) is 18.9 Å². The smallest absolute Gasteiger partial charge is 0.460 e. The molecular formula is C26H35N5O8. The van der Waals surface area contributed by atoms with Gasteiger partial charge in [-0.15, -0.1) is 0 Å². The highest BCUT2D eigenvalue weighted by atomic mass is 16.8. The number of anilines is 1. The zero-order valence-corrected chi connectivity index (χ0v) is 22.8. The van der Waals surface area contributed by atoms with Crippen molar-refractivity contribution in [3.05, 3.63) is 24.2 Å². The molecule has 2 aliphatic rings. The Hall–Kier alpha value is -3.47. The summed E-state index contributed by atoms with van der Waals surface area (Å²) < 4.78 is 35.6. The fourth-order valence-electron chi connectivity index (χ4n) is 4.75. The number of hydrogen-bond donors (Lipinski definition) is 1. The summed E-state index contributed by atoms with van der Waals surface area (Å²) in [5.74, 6) is -1.01. The minimum Gasteiger partial charge on any atom is -0.460 e. The monoisotopic (exact) mass is 545 g/mol. The van der Waals surface area contributed by atoms with Crippen molar-refractivity contribution in [2.24, 2.45) is 0 Å².